The van der Waals surface area contributed by atoms with Gasteiger partial charge in [-0.25, -0.2) is 4.98 Å². The van der Waals surface area contributed by atoms with E-state index < -0.39 is 0 Å². The van der Waals surface area contributed by atoms with Crippen molar-refractivity contribution in [3.05, 3.63) is 35.9 Å². The van der Waals surface area contributed by atoms with Crippen LogP contribution in [0.15, 0.2) is 35.5 Å². The third kappa shape index (κ3) is 3.75. The van der Waals surface area contributed by atoms with E-state index in [0.29, 0.717) is 23.5 Å². The minimum Gasteiger partial charge on any atom is -0.497 e. The molecule has 0 spiro atoms. The summed E-state index contributed by atoms with van der Waals surface area (Å²) in [6, 6.07) is 9.29. The molecule has 2 rings (SSSR count). The molecule has 1 aromatic carbocycles. The van der Waals surface area contributed by atoms with Crippen molar-refractivity contribution >= 4 is 17.6 Å². The van der Waals surface area contributed by atoms with Crippen LogP contribution >= 0.6 is 11.8 Å². The molecule has 0 atom stereocenters. The Hall–Kier alpha value is -1.95. The molecule has 0 unspecified atom stereocenters. The average molecular weight is 277 g/mol. The Bertz CT molecular complexity index is 563. The average Bonchev–Trinajstić information content (AvgIpc) is 2.44. The molecule has 19 heavy (non-hydrogen) atoms. The van der Waals surface area contributed by atoms with Gasteiger partial charge in [-0.15, -0.1) is 0 Å². The first-order valence-electron chi connectivity index (χ1n) is 5.65. The molecule has 0 fully saturated rings. The quantitative estimate of drug-likeness (QED) is 0.668. The largest absolute Gasteiger partial charge is 0.497 e. The number of nitrogens with zero attached hydrogens (tertiary/aromatic N) is 2. The second-order valence-corrected chi connectivity index (χ2v) is 4.53. The molecule has 0 bridgehead atoms. The number of benzene rings is 1. The second kappa shape index (κ2) is 6.29. The third-order valence-electron chi connectivity index (χ3n) is 2.41. The Morgan fingerprint density at radius 2 is 2.11 bits per heavy atom. The van der Waals surface area contributed by atoms with E-state index in [1.54, 1.807) is 13.2 Å². The molecule has 0 amide bonds. The summed E-state index contributed by atoms with van der Waals surface area (Å²) >= 11 is 1.42. The van der Waals surface area contributed by atoms with Crippen LogP contribution < -0.4 is 15.2 Å². The summed E-state index contributed by atoms with van der Waals surface area (Å²) in [6.45, 7) is 0.404. The van der Waals surface area contributed by atoms with E-state index in [2.05, 4.69) is 9.97 Å². The van der Waals surface area contributed by atoms with Gasteiger partial charge in [0.05, 0.1) is 7.11 Å². The fourth-order valence-electron chi connectivity index (χ4n) is 1.51. The van der Waals surface area contributed by atoms with Crippen LogP contribution in [0.1, 0.15) is 5.56 Å². The van der Waals surface area contributed by atoms with Crippen LogP contribution in [0, 0.1) is 0 Å². The molecule has 100 valence electrons. The highest BCUT2D eigenvalue weighted by molar-refractivity contribution is 7.98. The van der Waals surface area contributed by atoms with Crippen molar-refractivity contribution < 1.29 is 9.47 Å². The van der Waals surface area contributed by atoms with Crippen molar-refractivity contribution in [3.63, 3.8) is 0 Å². The lowest BCUT2D eigenvalue weighted by atomic mass is 10.2. The van der Waals surface area contributed by atoms with E-state index in [4.69, 9.17) is 15.2 Å². The van der Waals surface area contributed by atoms with Gasteiger partial charge in [-0.1, -0.05) is 23.9 Å². The number of anilines is 1. The smallest absolute Gasteiger partial charge is 0.219 e. The summed E-state index contributed by atoms with van der Waals surface area (Å²) < 4.78 is 10.8. The van der Waals surface area contributed by atoms with Crippen molar-refractivity contribution in [2.75, 3.05) is 19.1 Å². The van der Waals surface area contributed by atoms with Gasteiger partial charge in [-0.3, -0.25) is 0 Å². The van der Waals surface area contributed by atoms with Crippen molar-refractivity contribution in [1.82, 2.24) is 9.97 Å². The standard InChI is InChI=1S/C13H15N3O2S/c1-17-10-5-3-4-9(6-10)8-18-12-7-11(14)15-13(16-12)19-2/h3-7H,8H2,1-2H3,(H2,14,15,16). The summed E-state index contributed by atoms with van der Waals surface area (Å²) in [5, 5.41) is 0.598. The van der Waals surface area contributed by atoms with E-state index in [1.807, 2.05) is 30.5 Å². The number of hydrogen-bond donors (Lipinski definition) is 1. The summed E-state index contributed by atoms with van der Waals surface area (Å²) in [5.74, 6) is 1.67. The number of aromatic nitrogens is 2. The zero-order chi connectivity index (χ0) is 13.7. The maximum atomic E-state index is 5.69. The number of ether oxygens (including phenoxy) is 2. The van der Waals surface area contributed by atoms with Gasteiger partial charge in [0.2, 0.25) is 5.88 Å². The molecule has 0 aliphatic heterocycles. The van der Waals surface area contributed by atoms with Crippen LogP contribution in [-0.2, 0) is 6.61 Å². The van der Waals surface area contributed by atoms with Crippen molar-refractivity contribution in [2.24, 2.45) is 0 Å². The Morgan fingerprint density at radius 1 is 1.26 bits per heavy atom. The predicted molar refractivity (Wildman–Crippen MR) is 75.6 cm³/mol. The summed E-state index contributed by atoms with van der Waals surface area (Å²) in [6.07, 6.45) is 1.89. The molecule has 6 heteroatoms. The third-order valence-corrected chi connectivity index (χ3v) is 2.95. The van der Waals surface area contributed by atoms with Crippen molar-refractivity contribution in [1.29, 1.82) is 0 Å². The predicted octanol–water partition coefficient (Wildman–Crippen LogP) is 2.37. The summed E-state index contributed by atoms with van der Waals surface area (Å²) in [7, 11) is 1.63. The number of thioether (sulfide) groups is 1. The van der Waals surface area contributed by atoms with Gasteiger partial charge >= 0.3 is 0 Å². The Kier molecular flexibility index (Phi) is 4.46. The molecule has 0 aliphatic rings. The first-order valence-corrected chi connectivity index (χ1v) is 6.88. The second-order valence-electron chi connectivity index (χ2n) is 3.76. The van der Waals surface area contributed by atoms with Gasteiger partial charge in [0, 0.05) is 6.07 Å². The van der Waals surface area contributed by atoms with Gasteiger partial charge in [0.25, 0.3) is 0 Å². The number of nitrogens with two attached hydrogens (primary N) is 1. The number of methoxy groups -OCH3 is 1. The van der Waals surface area contributed by atoms with Crippen LogP contribution in [0.4, 0.5) is 5.82 Å². The summed E-state index contributed by atoms with van der Waals surface area (Å²) in [5.41, 5.74) is 6.69. The van der Waals surface area contributed by atoms with E-state index in [-0.39, 0.29) is 0 Å². The number of nitrogen functional groups attached to an aromatic ring is 1. The van der Waals surface area contributed by atoms with E-state index in [1.165, 1.54) is 11.8 Å². The lowest BCUT2D eigenvalue weighted by Gasteiger charge is -2.08. The Balaban J connectivity index is 2.07. The number of hydrogen-bond acceptors (Lipinski definition) is 6. The maximum Gasteiger partial charge on any atom is 0.219 e. The Labute approximate surface area is 116 Å². The normalized spacial score (nSPS) is 10.2. The van der Waals surface area contributed by atoms with Gasteiger partial charge in [0.1, 0.15) is 18.2 Å². The SMILES string of the molecule is COc1cccc(COc2cc(N)nc(SC)n2)c1. The fraction of sp³-hybridized carbons (Fsp3) is 0.231. The molecule has 1 heterocycles. The molecule has 2 N–H and O–H groups in total. The van der Waals surface area contributed by atoms with E-state index in [0.717, 1.165) is 11.3 Å². The molecule has 1 aromatic heterocycles. The lowest BCUT2D eigenvalue weighted by molar-refractivity contribution is 0.290. The highest BCUT2D eigenvalue weighted by Gasteiger charge is 2.04. The molecule has 2 aromatic rings. The van der Waals surface area contributed by atoms with Gasteiger partial charge in [-0.05, 0) is 24.0 Å². The zero-order valence-corrected chi connectivity index (χ0v) is 11.6. The van der Waals surface area contributed by atoms with Crippen LogP contribution in [0.2, 0.25) is 0 Å². The highest BCUT2D eigenvalue weighted by Crippen LogP contribution is 2.19. The molecular weight excluding hydrogens is 262 g/mol. The first kappa shape index (κ1) is 13.5. The molecule has 5 nitrogen and oxygen atoms in total. The molecule has 0 aliphatic carbocycles. The molecule has 0 saturated heterocycles. The van der Waals surface area contributed by atoms with Crippen LogP contribution in [0.25, 0.3) is 0 Å². The lowest BCUT2D eigenvalue weighted by Crippen LogP contribution is -2.01. The van der Waals surface area contributed by atoms with Crippen LogP contribution in [0.5, 0.6) is 11.6 Å². The highest BCUT2D eigenvalue weighted by atomic mass is 32.2. The molecule has 0 radical (unpaired) electrons. The van der Waals surface area contributed by atoms with Gasteiger partial charge < -0.3 is 15.2 Å². The minimum atomic E-state index is 0.403. The van der Waals surface area contributed by atoms with Crippen LogP contribution in [0.3, 0.4) is 0 Å². The molecule has 0 saturated carbocycles. The fourth-order valence-corrected chi connectivity index (χ4v) is 1.88. The number of rotatable bonds is 5. The first-order chi connectivity index (χ1) is 9.21. The Morgan fingerprint density at radius 3 is 2.84 bits per heavy atom. The van der Waals surface area contributed by atoms with Crippen molar-refractivity contribution in [2.45, 2.75) is 11.8 Å². The van der Waals surface area contributed by atoms with Crippen LogP contribution in [-0.4, -0.2) is 23.3 Å². The minimum absolute atomic E-state index is 0.403. The van der Waals surface area contributed by atoms with E-state index >= 15 is 0 Å². The zero-order valence-electron chi connectivity index (χ0n) is 10.8. The topological polar surface area (TPSA) is 70.3 Å². The molecular formula is C13H15N3O2S. The van der Waals surface area contributed by atoms with E-state index in [9.17, 15) is 0 Å². The van der Waals surface area contributed by atoms with Crippen molar-refractivity contribution in [3.8, 4) is 11.6 Å². The summed E-state index contributed by atoms with van der Waals surface area (Å²) in [4.78, 5) is 8.29. The van der Waals surface area contributed by atoms with Gasteiger partial charge in [-0.2, -0.15) is 4.98 Å². The maximum absolute atomic E-state index is 5.69. The van der Waals surface area contributed by atoms with Gasteiger partial charge in [0.15, 0.2) is 5.16 Å². The monoisotopic (exact) mass is 277 g/mol.